The Balaban J connectivity index is 1.86. The number of fused-ring (bicyclic) bond motifs is 1. The zero-order valence-corrected chi connectivity index (χ0v) is 10.8. The summed E-state index contributed by atoms with van der Waals surface area (Å²) in [6, 6.07) is 1.57. The Morgan fingerprint density at radius 2 is 2.26 bits per heavy atom. The van der Waals surface area contributed by atoms with Crippen molar-refractivity contribution in [3.8, 4) is 0 Å². The van der Waals surface area contributed by atoms with Gasteiger partial charge in [0.2, 0.25) is 5.91 Å². The van der Waals surface area contributed by atoms with E-state index in [9.17, 15) is 9.59 Å². The minimum atomic E-state index is -0.197. The first-order valence-corrected chi connectivity index (χ1v) is 6.30. The molecule has 1 aliphatic heterocycles. The van der Waals surface area contributed by atoms with Gasteiger partial charge in [0, 0.05) is 12.1 Å². The van der Waals surface area contributed by atoms with Gasteiger partial charge in [0.05, 0.1) is 18.7 Å². The second-order valence-corrected chi connectivity index (χ2v) is 4.91. The molecular weight excluding hydrogens is 246 g/mol. The van der Waals surface area contributed by atoms with Gasteiger partial charge in [-0.3, -0.25) is 14.4 Å². The Morgan fingerprint density at radius 1 is 1.53 bits per heavy atom. The van der Waals surface area contributed by atoms with E-state index in [2.05, 4.69) is 10.3 Å². The second kappa shape index (κ2) is 4.31. The normalized spacial score (nSPS) is 21.5. The van der Waals surface area contributed by atoms with Crippen LogP contribution in [0.5, 0.6) is 0 Å². The van der Waals surface area contributed by atoms with E-state index < -0.39 is 0 Å². The molecule has 3 rings (SSSR count). The van der Waals surface area contributed by atoms with Gasteiger partial charge in [-0.2, -0.15) is 0 Å². The first-order chi connectivity index (χ1) is 9.11. The molecule has 0 saturated heterocycles. The Hall–Kier alpha value is -1.95. The summed E-state index contributed by atoms with van der Waals surface area (Å²) >= 11 is 0. The summed E-state index contributed by atoms with van der Waals surface area (Å²) in [5.74, 6) is 0.434. The molecule has 1 saturated carbocycles. The third-order valence-electron chi connectivity index (χ3n) is 3.56. The molecule has 0 spiro atoms. The lowest BCUT2D eigenvalue weighted by Gasteiger charge is -2.18. The molecule has 1 N–H and O–H groups in total. The molecular formula is C13H15N3O3. The Labute approximate surface area is 110 Å². The van der Waals surface area contributed by atoms with Crippen LogP contribution in [0.2, 0.25) is 0 Å². The van der Waals surface area contributed by atoms with Gasteiger partial charge in [0.25, 0.3) is 5.91 Å². The first-order valence-electron chi connectivity index (χ1n) is 6.30. The molecule has 1 unspecified atom stereocenters. The topological polar surface area (TPSA) is 71.5 Å². The SMILES string of the molecule is CON1C(=O)c2cnc(NC(=O)C3CC3)cc2C1C. The molecule has 19 heavy (non-hydrogen) atoms. The summed E-state index contributed by atoms with van der Waals surface area (Å²) in [5, 5.41) is 4.09. The molecule has 0 aromatic carbocycles. The number of amides is 2. The van der Waals surface area contributed by atoms with E-state index in [0.29, 0.717) is 11.4 Å². The lowest BCUT2D eigenvalue weighted by Crippen LogP contribution is -2.25. The average Bonchev–Trinajstić information content (AvgIpc) is 3.20. The number of carbonyl (C=O) groups is 2. The van der Waals surface area contributed by atoms with E-state index in [1.54, 1.807) is 6.07 Å². The third kappa shape index (κ3) is 1.98. The van der Waals surface area contributed by atoms with Gasteiger partial charge in [-0.25, -0.2) is 10.0 Å². The number of hydrogen-bond acceptors (Lipinski definition) is 4. The van der Waals surface area contributed by atoms with E-state index in [1.807, 2.05) is 6.92 Å². The van der Waals surface area contributed by atoms with Crippen LogP contribution in [0.15, 0.2) is 12.3 Å². The molecule has 1 fully saturated rings. The minimum absolute atomic E-state index is 0.00743. The maximum absolute atomic E-state index is 12.0. The van der Waals surface area contributed by atoms with Crippen molar-refractivity contribution < 1.29 is 14.4 Å². The molecule has 1 aliphatic carbocycles. The van der Waals surface area contributed by atoms with Crippen LogP contribution in [0, 0.1) is 5.92 Å². The fourth-order valence-corrected chi connectivity index (χ4v) is 2.30. The van der Waals surface area contributed by atoms with Crippen LogP contribution in [-0.2, 0) is 9.63 Å². The number of nitrogens with one attached hydrogen (secondary N) is 1. The van der Waals surface area contributed by atoms with Crippen molar-refractivity contribution in [3.63, 3.8) is 0 Å². The van der Waals surface area contributed by atoms with Gasteiger partial charge in [0.1, 0.15) is 5.82 Å². The van der Waals surface area contributed by atoms with Crippen LogP contribution >= 0.6 is 0 Å². The van der Waals surface area contributed by atoms with Crippen molar-refractivity contribution in [2.24, 2.45) is 5.92 Å². The van der Waals surface area contributed by atoms with Crippen molar-refractivity contribution in [2.45, 2.75) is 25.8 Å². The molecule has 2 heterocycles. The molecule has 1 aromatic heterocycles. The van der Waals surface area contributed by atoms with Gasteiger partial charge < -0.3 is 5.32 Å². The fourth-order valence-electron chi connectivity index (χ4n) is 2.30. The van der Waals surface area contributed by atoms with Crippen LogP contribution < -0.4 is 5.32 Å². The number of rotatable bonds is 3. The lowest BCUT2D eigenvalue weighted by atomic mass is 10.1. The number of hydroxylamine groups is 2. The molecule has 6 nitrogen and oxygen atoms in total. The highest BCUT2D eigenvalue weighted by Gasteiger charge is 2.35. The van der Waals surface area contributed by atoms with Crippen molar-refractivity contribution in [1.29, 1.82) is 0 Å². The standard InChI is InChI=1S/C13H15N3O3/c1-7-9-5-11(15-12(17)8-3-4-8)14-6-10(9)13(18)16(7)19-2/h5-8H,3-4H2,1-2H3,(H,14,15,17). The van der Waals surface area contributed by atoms with Crippen molar-refractivity contribution in [2.75, 3.05) is 12.4 Å². The zero-order valence-electron chi connectivity index (χ0n) is 10.8. The predicted octanol–water partition coefficient (Wildman–Crippen LogP) is 1.51. The number of pyridine rings is 1. The fraction of sp³-hybridized carbons (Fsp3) is 0.462. The molecule has 1 aromatic rings. The van der Waals surface area contributed by atoms with Gasteiger partial charge in [-0.05, 0) is 31.4 Å². The van der Waals surface area contributed by atoms with E-state index in [-0.39, 0.29) is 23.8 Å². The monoisotopic (exact) mass is 261 g/mol. The van der Waals surface area contributed by atoms with Crippen molar-refractivity contribution in [1.82, 2.24) is 10.0 Å². The van der Waals surface area contributed by atoms with Gasteiger partial charge >= 0.3 is 0 Å². The highest BCUT2D eigenvalue weighted by atomic mass is 16.7. The van der Waals surface area contributed by atoms with Crippen LogP contribution in [0.25, 0.3) is 0 Å². The Morgan fingerprint density at radius 3 is 2.89 bits per heavy atom. The van der Waals surface area contributed by atoms with E-state index in [0.717, 1.165) is 18.4 Å². The van der Waals surface area contributed by atoms with E-state index in [4.69, 9.17) is 4.84 Å². The van der Waals surface area contributed by atoms with Crippen molar-refractivity contribution >= 4 is 17.6 Å². The van der Waals surface area contributed by atoms with Gasteiger partial charge in [0.15, 0.2) is 0 Å². The molecule has 6 heteroatoms. The van der Waals surface area contributed by atoms with E-state index >= 15 is 0 Å². The molecule has 100 valence electrons. The molecule has 0 radical (unpaired) electrons. The summed E-state index contributed by atoms with van der Waals surface area (Å²) in [6.45, 7) is 1.87. The quantitative estimate of drug-likeness (QED) is 0.895. The molecule has 2 aliphatic rings. The molecule has 0 bridgehead atoms. The van der Waals surface area contributed by atoms with Crippen molar-refractivity contribution in [3.05, 3.63) is 23.4 Å². The highest BCUT2D eigenvalue weighted by molar-refractivity contribution is 5.99. The third-order valence-corrected chi connectivity index (χ3v) is 3.56. The number of anilines is 1. The van der Waals surface area contributed by atoms with Crippen LogP contribution in [0.4, 0.5) is 5.82 Å². The summed E-state index contributed by atoms with van der Waals surface area (Å²) < 4.78 is 0. The van der Waals surface area contributed by atoms with E-state index in [1.165, 1.54) is 18.4 Å². The molecule has 1 atom stereocenters. The van der Waals surface area contributed by atoms with Crippen LogP contribution in [-0.4, -0.2) is 29.0 Å². The van der Waals surface area contributed by atoms with Crippen LogP contribution in [0.1, 0.15) is 41.7 Å². The summed E-state index contributed by atoms with van der Waals surface area (Å²) in [4.78, 5) is 32.8. The second-order valence-electron chi connectivity index (χ2n) is 4.91. The smallest absolute Gasteiger partial charge is 0.279 e. The predicted molar refractivity (Wildman–Crippen MR) is 67.2 cm³/mol. The molecule has 2 amide bonds. The summed E-state index contributed by atoms with van der Waals surface area (Å²) in [6.07, 6.45) is 3.39. The number of aromatic nitrogens is 1. The maximum Gasteiger partial charge on any atom is 0.279 e. The lowest BCUT2D eigenvalue weighted by molar-refractivity contribution is -0.117. The number of hydrogen-bond donors (Lipinski definition) is 1. The van der Waals surface area contributed by atoms with Gasteiger partial charge in [-0.15, -0.1) is 0 Å². The first kappa shape index (κ1) is 12.1. The highest BCUT2D eigenvalue weighted by Crippen LogP contribution is 2.34. The summed E-state index contributed by atoms with van der Waals surface area (Å²) in [5.41, 5.74) is 1.35. The number of carbonyl (C=O) groups excluding carboxylic acids is 2. The number of nitrogens with zero attached hydrogens (tertiary/aromatic N) is 2. The summed E-state index contributed by atoms with van der Waals surface area (Å²) in [7, 11) is 1.46. The minimum Gasteiger partial charge on any atom is -0.310 e. The van der Waals surface area contributed by atoms with Crippen LogP contribution in [0.3, 0.4) is 0 Å². The average molecular weight is 261 g/mol. The zero-order chi connectivity index (χ0) is 13.6. The Kier molecular flexibility index (Phi) is 2.74. The largest absolute Gasteiger partial charge is 0.310 e. The maximum atomic E-state index is 12.0. The van der Waals surface area contributed by atoms with Gasteiger partial charge in [-0.1, -0.05) is 0 Å². The Bertz CT molecular complexity index is 554.